The lowest BCUT2D eigenvalue weighted by Gasteiger charge is -2.37. The number of hydrogen-bond acceptors (Lipinski definition) is 5. The van der Waals surface area contributed by atoms with Crippen LogP contribution in [-0.4, -0.2) is 44.2 Å². The van der Waals surface area contributed by atoms with Gasteiger partial charge in [0.25, 0.3) is 0 Å². The molecule has 0 bridgehead atoms. The molecule has 1 aliphatic heterocycles. The van der Waals surface area contributed by atoms with E-state index < -0.39 is 5.60 Å². The fourth-order valence-electron chi connectivity index (χ4n) is 1.80. The largest absolute Gasteiger partial charge is 0.387 e. The molecule has 0 aromatic carbocycles. The zero-order chi connectivity index (χ0) is 10.3. The average molecular weight is 205 g/mol. The van der Waals surface area contributed by atoms with Crippen LogP contribution in [0.15, 0.2) is 12.3 Å². The first-order valence-electron chi connectivity index (χ1n) is 4.84. The summed E-state index contributed by atoms with van der Waals surface area (Å²) in [7, 11) is 0. The number of aromatic amines is 1. The first-order valence-corrected chi connectivity index (χ1v) is 4.84. The third-order valence-electron chi connectivity index (χ3n) is 2.67. The van der Waals surface area contributed by atoms with Gasteiger partial charge in [-0.2, -0.15) is 10.3 Å². The van der Waals surface area contributed by atoms with E-state index in [1.807, 2.05) is 6.07 Å². The minimum absolute atomic E-state index is 0.607. The molecule has 6 heteroatoms. The van der Waals surface area contributed by atoms with E-state index in [4.69, 9.17) is 0 Å². The molecule has 78 valence electrons. The summed E-state index contributed by atoms with van der Waals surface area (Å²) < 4.78 is 0. The van der Waals surface area contributed by atoms with Crippen molar-refractivity contribution in [2.24, 2.45) is 0 Å². The summed E-state index contributed by atoms with van der Waals surface area (Å²) >= 11 is 0. The number of pyridine rings is 1. The first-order chi connectivity index (χ1) is 7.25. The molecule has 0 saturated carbocycles. The molecular weight excluding hydrogens is 194 g/mol. The molecule has 3 N–H and O–H groups in total. The van der Waals surface area contributed by atoms with Crippen molar-refractivity contribution in [1.82, 2.24) is 25.7 Å². The van der Waals surface area contributed by atoms with Crippen molar-refractivity contribution in [2.75, 3.05) is 13.1 Å². The molecule has 0 unspecified atom stereocenters. The number of H-pyrrole nitrogens is 1. The molecule has 0 amide bonds. The molecule has 2 aromatic heterocycles. The van der Waals surface area contributed by atoms with Crippen LogP contribution in [0.25, 0.3) is 11.2 Å². The van der Waals surface area contributed by atoms with E-state index in [2.05, 4.69) is 25.7 Å². The highest BCUT2D eigenvalue weighted by Crippen LogP contribution is 2.18. The number of nitrogens with one attached hydrogen (secondary N) is 2. The number of aliphatic hydroxyl groups is 1. The topological polar surface area (TPSA) is 86.7 Å². The van der Waals surface area contributed by atoms with E-state index >= 15 is 0 Å². The lowest BCUT2D eigenvalue weighted by molar-refractivity contribution is -0.00905. The Balaban J connectivity index is 1.90. The molecule has 0 aliphatic carbocycles. The summed E-state index contributed by atoms with van der Waals surface area (Å²) in [5.74, 6) is 0. The number of aromatic nitrogens is 4. The smallest absolute Gasteiger partial charge is 0.201 e. The Hall–Kier alpha value is -1.53. The summed E-state index contributed by atoms with van der Waals surface area (Å²) in [4.78, 5) is 4.15. The second-order valence-electron chi connectivity index (χ2n) is 4.01. The van der Waals surface area contributed by atoms with E-state index in [9.17, 15) is 5.11 Å². The molecule has 0 atom stereocenters. The summed E-state index contributed by atoms with van der Waals surface area (Å²) in [6.07, 6.45) is 2.34. The number of fused-ring (bicyclic) bond motifs is 1. The van der Waals surface area contributed by atoms with Gasteiger partial charge in [0.1, 0.15) is 5.52 Å². The van der Waals surface area contributed by atoms with Gasteiger partial charge in [-0.1, -0.05) is 0 Å². The molecule has 0 spiro atoms. The molecule has 1 fully saturated rings. The fourth-order valence-corrected chi connectivity index (χ4v) is 1.80. The van der Waals surface area contributed by atoms with Gasteiger partial charge in [0, 0.05) is 25.7 Å². The van der Waals surface area contributed by atoms with Gasteiger partial charge in [-0.25, -0.2) is 4.98 Å². The maximum atomic E-state index is 9.95. The van der Waals surface area contributed by atoms with Crippen molar-refractivity contribution in [3.63, 3.8) is 0 Å². The van der Waals surface area contributed by atoms with Crippen LogP contribution < -0.4 is 5.32 Å². The molecule has 1 aliphatic rings. The lowest BCUT2D eigenvalue weighted by atomic mass is 9.90. The molecule has 15 heavy (non-hydrogen) atoms. The Morgan fingerprint density at radius 3 is 3.00 bits per heavy atom. The van der Waals surface area contributed by atoms with Crippen LogP contribution in [0.5, 0.6) is 0 Å². The van der Waals surface area contributed by atoms with E-state index in [0.29, 0.717) is 25.2 Å². The summed E-state index contributed by atoms with van der Waals surface area (Å²) in [6.45, 7) is 1.29. The Morgan fingerprint density at radius 1 is 1.40 bits per heavy atom. The van der Waals surface area contributed by atoms with Crippen molar-refractivity contribution in [3.8, 4) is 0 Å². The maximum Gasteiger partial charge on any atom is 0.201 e. The second-order valence-corrected chi connectivity index (χ2v) is 4.01. The first kappa shape index (κ1) is 8.75. The van der Waals surface area contributed by atoms with Gasteiger partial charge in [0.2, 0.25) is 5.65 Å². The standard InChI is InChI=1S/C9H11N5O/c15-9(4-10-5-9)2-6-1-7-8(11-3-6)13-14-12-7/h1,3,10,15H,2,4-5H2,(H,11,12,13,14). The quantitative estimate of drug-likeness (QED) is 0.599. The molecular formula is C9H11N5O. The van der Waals surface area contributed by atoms with Crippen molar-refractivity contribution in [2.45, 2.75) is 12.0 Å². The van der Waals surface area contributed by atoms with Crippen LogP contribution in [0, 0.1) is 0 Å². The summed E-state index contributed by atoms with van der Waals surface area (Å²) in [5.41, 5.74) is 1.72. The van der Waals surface area contributed by atoms with E-state index in [-0.39, 0.29) is 0 Å². The van der Waals surface area contributed by atoms with Crippen LogP contribution in [0.4, 0.5) is 0 Å². The van der Waals surface area contributed by atoms with E-state index in [1.54, 1.807) is 6.20 Å². The normalized spacial score (nSPS) is 19.0. The molecule has 3 rings (SSSR count). The van der Waals surface area contributed by atoms with Gasteiger partial charge >= 0.3 is 0 Å². The van der Waals surface area contributed by atoms with Crippen molar-refractivity contribution >= 4 is 11.2 Å². The number of rotatable bonds is 2. The predicted octanol–water partition coefficient (Wildman–Crippen LogP) is -0.770. The monoisotopic (exact) mass is 205 g/mol. The van der Waals surface area contributed by atoms with Crippen molar-refractivity contribution < 1.29 is 5.11 Å². The molecule has 3 heterocycles. The highest BCUT2D eigenvalue weighted by atomic mass is 16.3. The van der Waals surface area contributed by atoms with Crippen LogP contribution in [0.2, 0.25) is 0 Å². The van der Waals surface area contributed by atoms with Crippen LogP contribution >= 0.6 is 0 Å². The third kappa shape index (κ3) is 1.47. The minimum Gasteiger partial charge on any atom is -0.387 e. The molecule has 1 saturated heterocycles. The predicted molar refractivity (Wildman–Crippen MR) is 53.2 cm³/mol. The molecule has 0 radical (unpaired) electrons. The fraction of sp³-hybridized carbons (Fsp3) is 0.444. The lowest BCUT2D eigenvalue weighted by Crippen LogP contribution is -2.60. The summed E-state index contributed by atoms with van der Waals surface area (Å²) in [6, 6.07) is 1.90. The van der Waals surface area contributed by atoms with Gasteiger partial charge in [-0.3, -0.25) is 0 Å². The highest BCUT2D eigenvalue weighted by Gasteiger charge is 2.34. The zero-order valence-electron chi connectivity index (χ0n) is 8.06. The number of hydrogen-bond donors (Lipinski definition) is 3. The molecule has 6 nitrogen and oxygen atoms in total. The van der Waals surface area contributed by atoms with Gasteiger partial charge in [-0.15, -0.1) is 5.10 Å². The van der Waals surface area contributed by atoms with Crippen molar-refractivity contribution in [3.05, 3.63) is 17.8 Å². The van der Waals surface area contributed by atoms with E-state index in [0.717, 1.165) is 11.1 Å². The van der Waals surface area contributed by atoms with Crippen LogP contribution in [0.1, 0.15) is 5.56 Å². The van der Waals surface area contributed by atoms with Gasteiger partial charge in [-0.05, 0) is 11.6 Å². The Labute approximate surface area is 85.7 Å². The van der Waals surface area contributed by atoms with Crippen LogP contribution in [0.3, 0.4) is 0 Å². The maximum absolute atomic E-state index is 9.95. The Kier molecular flexibility index (Phi) is 1.74. The van der Waals surface area contributed by atoms with Gasteiger partial charge in [0.15, 0.2) is 0 Å². The van der Waals surface area contributed by atoms with Gasteiger partial charge < -0.3 is 10.4 Å². The summed E-state index contributed by atoms with van der Waals surface area (Å²) in [5, 5.41) is 23.3. The highest BCUT2D eigenvalue weighted by molar-refractivity contribution is 5.69. The number of nitrogens with zero attached hydrogens (tertiary/aromatic N) is 3. The van der Waals surface area contributed by atoms with Crippen LogP contribution in [-0.2, 0) is 6.42 Å². The zero-order valence-corrected chi connectivity index (χ0v) is 8.06. The minimum atomic E-state index is -0.612. The Morgan fingerprint density at radius 2 is 2.27 bits per heavy atom. The second kappa shape index (κ2) is 2.98. The molecule has 2 aromatic rings. The van der Waals surface area contributed by atoms with Gasteiger partial charge in [0.05, 0.1) is 5.60 Å². The third-order valence-corrected chi connectivity index (χ3v) is 2.67. The van der Waals surface area contributed by atoms with Crippen molar-refractivity contribution in [1.29, 1.82) is 0 Å². The van der Waals surface area contributed by atoms with E-state index in [1.165, 1.54) is 0 Å². The Bertz CT molecular complexity index is 490. The SMILES string of the molecule is OC1(Cc2cnc3n[nH]nc3c2)CNC1. The number of β-amino-alcohol motifs (C(OH)–C–C–N with tert-alkyl or cyclic N) is 1. The average Bonchev–Trinajstić information content (AvgIpc) is 2.62.